The highest BCUT2D eigenvalue weighted by Gasteiger charge is 2.34. The molecule has 1 aliphatic rings. The molecule has 22 heavy (non-hydrogen) atoms. The molecule has 1 fully saturated rings. The topological polar surface area (TPSA) is 46.3 Å². The van der Waals surface area contributed by atoms with Crippen LogP contribution in [0.4, 0.5) is 0 Å². The Morgan fingerprint density at radius 3 is 2.55 bits per heavy atom. The molecular weight excluding hydrogens is 296 g/mol. The van der Waals surface area contributed by atoms with Gasteiger partial charge in [0, 0.05) is 19.0 Å². The fourth-order valence-electron chi connectivity index (χ4n) is 3.33. The van der Waals surface area contributed by atoms with Crippen LogP contribution in [0.3, 0.4) is 0 Å². The minimum Gasteiger partial charge on any atom is -0.342 e. The molecule has 4 heteroatoms. The summed E-state index contributed by atoms with van der Waals surface area (Å²) in [7, 11) is 1.94. The fourth-order valence-corrected chi connectivity index (χ4v) is 3.33. The molecule has 0 aromatic heterocycles. The second-order valence-electron chi connectivity index (χ2n) is 6.52. The van der Waals surface area contributed by atoms with Crippen LogP contribution in [-0.4, -0.2) is 30.4 Å². The van der Waals surface area contributed by atoms with Gasteiger partial charge >= 0.3 is 0 Å². The predicted octanol–water partition coefficient (Wildman–Crippen LogP) is 3.18. The summed E-state index contributed by atoms with van der Waals surface area (Å²) in [6, 6.07) is 8.79. The van der Waals surface area contributed by atoms with E-state index in [1.165, 1.54) is 11.1 Å². The average Bonchev–Trinajstić information content (AvgIpc) is 2.96. The van der Waals surface area contributed by atoms with E-state index >= 15 is 0 Å². The van der Waals surface area contributed by atoms with Crippen molar-refractivity contribution in [2.24, 2.45) is 17.6 Å². The second-order valence-corrected chi connectivity index (χ2v) is 6.52. The van der Waals surface area contributed by atoms with Gasteiger partial charge in [-0.05, 0) is 51.1 Å². The molecule has 1 amide bonds. The van der Waals surface area contributed by atoms with Crippen molar-refractivity contribution in [3.8, 4) is 0 Å². The maximum Gasteiger partial charge on any atom is 0.226 e. The molecule has 3 atom stereocenters. The van der Waals surface area contributed by atoms with E-state index in [9.17, 15) is 4.79 Å². The Morgan fingerprint density at radius 2 is 1.95 bits per heavy atom. The zero-order valence-electron chi connectivity index (χ0n) is 13.9. The monoisotopic (exact) mass is 324 g/mol. The Bertz CT molecular complexity index is 474. The summed E-state index contributed by atoms with van der Waals surface area (Å²) in [4.78, 5) is 14.6. The lowest BCUT2D eigenvalue weighted by molar-refractivity contribution is -0.137. The first-order valence-electron chi connectivity index (χ1n) is 8.05. The minimum absolute atomic E-state index is 0. The molecule has 0 bridgehead atoms. The van der Waals surface area contributed by atoms with Gasteiger partial charge in [0.05, 0.1) is 0 Å². The van der Waals surface area contributed by atoms with Crippen LogP contribution in [0, 0.1) is 18.8 Å². The lowest BCUT2D eigenvalue weighted by atomic mass is 9.94. The van der Waals surface area contributed by atoms with Crippen molar-refractivity contribution in [1.29, 1.82) is 0 Å². The minimum atomic E-state index is 0. The van der Waals surface area contributed by atoms with Gasteiger partial charge in [0.1, 0.15) is 0 Å². The van der Waals surface area contributed by atoms with Crippen molar-refractivity contribution in [2.75, 3.05) is 13.6 Å². The molecule has 2 N–H and O–H groups in total. The van der Waals surface area contributed by atoms with E-state index in [1.807, 2.05) is 11.9 Å². The van der Waals surface area contributed by atoms with Crippen LogP contribution in [0.5, 0.6) is 0 Å². The van der Waals surface area contributed by atoms with E-state index in [2.05, 4.69) is 38.1 Å². The number of nitrogens with zero attached hydrogens (tertiary/aromatic N) is 1. The van der Waals surface area contributed by atoms with Crippen LogP contribution in [0.25, 0.3) is 0 Å². The largest absolute Gasteiger partial charge is 0.342 e. The summed E-state index contributed by atoms with van der Waals surface area (Å²) in [5.74, 6) is 0.801. The van der Waals surface area contributed by atoms with Gasteiger partial charge < -0.3 is 10.6 Å². The van der Waals surface area contributed by atoms with E-state index in [-0.39, 0.29) is 30.3 Å². The highest BCUT2D eigenvalue weighted by molar-refractivity contribution is 5.85. The predicted molar refractivity (Wildman–Crippen MR) is 94.2 cm³/mol. The molecule has 1 aliphatic carbocycles. The molecule has 1 unspecified atom stereocenters. The van der Waals surface area contributed by atoms with E-state index in [1.54, 1.807) is 0 Å². The number of amides is 1. The number of rotatable bonds is 5. The molecule has 0 spiro atoms. The van der Waals surface area contributed by atoms with Crippen LogP contribution in [-0.2, 0) is 11.2 Å². The third kappa shape index (κ3) is 4.47. The number of aryl methyl sites for hydroxylation is 1. The van der Waals surface area contributed by atoms with Crippen LogP contribution in [0.1, 0.15) is 37.3 Å². The summed E-state index contributed by atoms with van der Waals surface area (Å²) >= 11 is 0. The molecule has 1 aromatic rings. The highest BCUT2D eigenvalue weighted by Crippen LogP contribution is 2.32. The Kier molecular flexibility index (Phi) is 7.37. The molecular formula is C18H29ClN2O. The summed E-state index contributed by atoms with van der Waals surface area (Å²) < 4.78 is 0. The maximum absolute atomic E-state index is 12.7. The number of carbonyl (C=O) groups excluding carboxylic acids is 1. The smallest absolute Gasteiger partial charge is 0.226 e. The van der Waals surface area contributed by atoms with E-state index < -0.39 is 0 Å². The molecule has 1 saturated carbocycles. The van der Waals surface area contributed by atoms with Crippen molar-refractivity contribution < 1.29 is 4.79 Å². The van der Waals surface area contributed by atoms with Crippen molar-refractivity contribution in [3.05, 3.63) is 35.4 Å². The van der Waals surface area contributed by atoms with E-state index in [0.29, 0.717) is 12.5 Å². The summed E-state index contributed by atoms with van der Waals surface area (Å²) in [6.45, 7) is 4.86. The van der Waals surface area contributed by atoms with Gasteiger partial charge in [0.25, 0.3) is 0 Å². The number of likely N-dealkylation sites (N-methyl/N-ethyl adjacent to an activating group) is 1. The van der Waals surface area contributed by atoms with Gasteiger partial charge in [-0.15, -0.1) is 12.4 Å². The Hall–Kier alpha value is -1.06. The van der Waals surface area contributed by atoms with Crippen LogP contribution < -0.4 is 5.73 Å². The Labute approximate surface area is 140 Å². The van der Waals surface area contributed by atoms with Crippen molar-refractivity contribution >= 4 is 18.3 Å². The average molecular weight is 325 g/mol. The molecule has 0 saturated heterocycles. The van der Waals surface area contributed by atoms with Gasteiger partial charge in [-0.3, -0.25) is 4.79 Å². The van der Waals surface area contributed by atoms with Crippen molar-refractivity contribution in [2.45, 2.75) is 45.6 Å². The Morgan fingerprint density at radius 1 is 1.32 bits per heavy atom. The van der Waals surface area contributed by atoms with Gasteiger partial charge in [0.15, 0.2) is 0 Å². The normalized spacial score (nSPS) is 22.0. The van der Waals surface area contributed by atoms with Crippen molar-refractivity contribution in [1.82, 2.24) is 4.90 Å². The zero-order chi connectivity index (χ0) is 15.4. The van der Waals surface area contributed by atoms with Crippen LogP contribution >= 0.6 is 12.4 Å². The molecule has 0 aliphatic heterocycles. The standard InChI is InChI=1S/C18H28N2O.ClH/c1-13-7-9-15(10-8-13)11-14(2)20(3)18(21)17-6-4-5-16(17)12-19;/h7-10,14,16-17H,4-6,11-12,19H2,1-3H3;1H/t14?,16-,17-;/m1./s1. The highest BCUT2D eigenvalue weighted by atomic mass is 35.5. The molecule has 2 rings (SSSR count). The summed E-state index contributed by atoms with van der Waals surface area (Å²) in [5.41, 5.74) is 8.36. The first-order valence-corrected chi connectivity index (χ1v) is 8.05. The first-order chi connectivity index (χ1) is 10.0. The molecule has 0 heterocycles. The van der Waals surface area contributed by atoms with Crippen LogP contribution in [0.15, 0.2) is 24.3 Å². The molecule has 124 valence electrons. The SMILES string of the molecule is Cc1ccc(CC(C)N(C)C(=O)[C@@H]2CCC[C@@H]2CN)cc1.Cl. The quantitative estimate of drug-likeness (QED) is 0.904. The molecule has 0 radical (unpaired) electrons. The summed E-state index contributed by atoms with van der Waals surface area (Å²) in [6.07, 6.45) is 4.15. The number of carbonyl (C=O) groups is 1. The number of halogens is 1. The number of hydrogen-bond donors (Lipinski definition) is 1. The number of nitrogens with two attached hydrogens (primary N) is 1. The second kappa shape index (κ2) is 8.54. The summed E-state index contributed by atoms with van der Waals surface area (Å²) in [5, 5.41) is 0. The number of benzene rings is 1. The van der Waals surface area contributed by atoms with Gasteiger partial charge in [-0.2, -0.15) is 0 Å². The first kappa shape index (κ1) is 19.0. The lowest BCUT2D eigenvalue weighted by Gasteiger charge is -2.29. The lowest BCUT2D eigenvalue weighted by Crippen LogP contribution is -2.42. The van der Waals surface area contributed by atoms with E-state index in [4.69, 9.17) is 5.73 Å². The van der Waals surface area contributed by atoms with Gasteiger partial charge in [-0.25, -0.2) is 0 Å². The molecule has 3 nitrogen and oxygen atoms in total. The van der Waals surface area contributed by atoms with Gasteiger partial charge in [-0.1, -0.05) is 36.2 Å². The van der Waals surface area contributed by atoms with Gasteiger partial charge in [0.2, 0.25) is 5.91 Å². The maximum atomic E-state index is 12.7. The van der Waals surface area contributed by atoms with Crippen molar-refractivity contribution in [3.63, 3.8) is 0 Å². The Balaban J connectivity index is 0.00000242. The third-order valence-corrected chi connectivity index (χ3v) is 4.94. The zero-order valence-corrected chi connectivity index (χ0v) is 14.7. The fraction of sp³-hybridized carbons (Fsp3) is 0.611. The van der Waals surface area contributed by atoms with E-state index in [0.717, 1.165) is 25.7 Å². The molecule has 1 aromatic carbocycles. The number of hydrogen-bond acceptors (Lipinski definition) is 2. The third-order valence-electron chi connectivity index (χ3n) is 4.94. The van der Waals surface area contributed by atoms with Crippen LogP contribution in [0.2, 0.25) is 0 Å².